The fourth-order valence-electron chi connectivity index (χ4n) is 1.71. The second kappa shape index (κ2) is 4.13. The van der Waals surface area contributed by atoms with Crippen molar-refractivity contribution in [3.05, 3.63) is 23.8 Å². The third-order valence-electron chi connectivity index (χ3n) is 2.74. The molecule has 1 aromatic rings. The van der Waals surface area contributed by atoms with Crippen molar-refractivity contribution in [2.24, 2.45) is 0 Å². The summed E-state index contributed by atoms with van der Waals surface area (Å²) in [4.78, 5) is 0. The first kappa shape index (κ1) is 10.3. The monoisotopic (exact) mass is 205 g/mol. The summed E-state index contributed by atoms with van der Waals surface area (Å²) in [5.41, 5.74) is 2.53. The summed E-state index contributed by atoms with van der Waals surface area (Å²) in [6.07, 6.45) is 2.89. The molecule has 0 aliphatic heterocycles. The zero-order valence-corrected chi connectivity index (χ0v) is 9.71. The largest absolute Gasteiger partial charge is 0.490 e. The minimum Gasteiger partial charge on any atom is -0.490 e. The highest BCUT2D eigenvalue weighted by molar-refractivity contribution is 5.56. The Kier molecular flexibility index (Phi) is 2.85. The molecule has 2 heteroatoms. The average Bonchev–Trinajstić information content (AvgIpc) is 3.01. The zero-order valence-electron chi connectivity index (χ0n) is 9.71. The summed E-state index contributed by atoms with van der Waals surface area (Å²) < 4.78 is 5.76. The molecule has 1 fully saturated rings. The highest BCUT2D eigenvalue weighted by atomic mass is 16.5. The van der Waals surface area contributed by atoms with Crippen LogP contribution < -0.4 is 10.1 Å². The lowest BCUT2D eigenvalue weighted by atomic mass is 10.0. The van der Waals surface area contributed by atoms with Gasteiger partial charge in [0.2, 0.25) is 0 Å². The lowest BCUT2D eigenvalue weighted by molar-refractivity contribution is 0.303. The molecule has 0 radical (unpaired) electrons. The van der Waals surface area contributed by atoms with E-state index in [9.17, 15) is 0 Å². The van der Waals surface area contributed by atoms with Crippen molar-refractivity contribution in [3.63, 3.8) is 0 Å². The Morgan fingerprint density at radius 2 is 2.07 bits per heavy atom. The van der Waals surface area contributed by atoms with E-state index in [-0.39, 0.29) is 0 Å². The van der Waals surface area contributed by atoms with Gasteiger partial charge in [0.25, 0.3) is 0 Å². The maximum absolute atomic E-state index is 5.76. The number of hydrogen-bond acceptors (Lipinski definition) is 2. The topological polar surface area (TPSA) is 21.3 Å². The van der Waals surface area contributed by atoms with Crippen LogP contribution in [0, 0.1) is 0 Å². The van der Waals surface area contributed by atoms with Gasteiger partial charge >= 0.3 is 0 Å². The van der Waals surface area contributed by atoms with Crippen molar-refractivity contribution < 1.29 is 4.74 Å². The highest BCUT2D eigenvalue weighted by Gasteiger charge is 2.23. The predicted molar refractivity (Wildman–Crippen MR) is 63.7 cm³/mol. The van der Waals surface area contributed by atoms with Crippen molar-refractivity contribution in [1.29, 1.82) is 0 Å². The smallest absolute Gasteiger partial charge is 0.121 e. The quantitative estimate of drug-likeness (QED) is 0.813. The molecule has 1 aromatic carbocycles. The van der Waals surface area contributed by atoms with E-state index >= 15 is 0 Å². The lowest BCUT2D eigenvalue weighted by Gasteiger charge is -2.14. The third kappa shape index (κ3) is 2.44. The first-order valence-corrected chi connectivity index (χ1v) is 5.69. The Morgan fingerprint density at radius 1 is 1.33 bits per heavy atom. The van der Waals surface area contributed by atoms with Gasteiger partial charge in [0.05, 0.1) is 6.10 Å². The van der Waals surface area contributed by atoms with Gasteiger partial charge in [-0.15, -0.1) is 0 Å². The van der Waals surface area contributed by atoms with Gasteiger partial charge in [-0.3, -0.25) is 0 Å². The zero-order chi connectivity index (χ0) is 10.8. The minimum atomic E-state index is 0.472. The molecule has 0 atom stereocenters. The van der Waals surface area contributed by atoms with Crippen molar-refractivity contribution >= 4 is 5.69 Å². The molecule has 1 aliphatic rings. The number of anilines is 1. The van der Waals surface area contributed by atoms with Crippen LogP contribution in [-0.2, 0) is 0 Å². The summed E-state index contributed by atoms with van der Waals surface area (Å²) in [6, 6.07) is 6.34. The third-order valence-corrected chi connectivity index (χ3v) is 2.74. The molecule has 2 rings (SSSR count). The van der Waals surface area contributed by atoms with Crippen molar-refractivity contribution in [2.45, 2.75) is 38.7 Å². The normalized spacial score (nSPS) is 15.5. The molecule has 0 bridgehead atoms. The van der Waals surface area contributed by atoms with E-state index in [1.165, 1.54) is 24.1 Å². The lowest BCUT2D eigenvalue weighted by Crippen LogP contribution is -2.00. The molecule has 1 N–H and O–H groups in total. The molecule has 82 valence electrons. The Morgan fingerprint density at radius 3 is 2.60 bits per heavy atom. The van der Waals surface area contributed by atoms with Gasteiger partial charge in [-0.05, 0) is 30.4 Å². The maximum atomic E-state index is 5.76. The van der Waals surface area contributed by atoms with E-state index < -0.39 is 0 Å². The fourth-order valence-corrected chi connectivity index (χ4v) is 1.71. The van der Waals surface area contributed by atoms with Crippen LogP contribution in [0.25, 0.3) is 0 Å². The Labute approximate surface area is 91.6 Å². The Bertz CT molecular complexity index is 342. The molecule has 15 heavy (non-hydrogen) atoms. The van der Waals surface area contributed by atoms with Gasteiger partial charge in [-0.2, -0.15) is 0 Å². The standard InChI is InChI=1S/C13H19NO/c1-9(2)12-7-6-11(8-13(12)14-3)15-10-4-5-10/h6-10,14H,4-5H2,1-3H3. The first-order chi connectivity index (χ1) is 7.20. The summed E-state index contributed by atoms with van der Waals surface area (Å²) >= 11 is 0. The molecule has 0 saturated heterocycles. The van der Waals surface area contributed by atoms with Crippen molar-refractivity contribution in [3.8, 4) is 5.75 Å². The highest BCUT2D eigenvalue weighted by Crippen LogP contribution is 2.32. The van der Waals surface area contributed by atoms with Crippen LogP contribution in [0.2, 0.25) is 0 Å². The summed E-state index contributed by atoms with van der Waals surface area (Å²) in [7, 11) is 1.96. The van der Waals surface area contributed by atoms with Gasteiger partial charge in [-0.1, -0.05) is 19.9 Å². The summed E-state index contributed by atoms with van der Waals surface area (Å²) in [6.45, 7) is 4.41. The van der Waals surface area contributed by atoms with Crippen LogP contribution in [0.15, 0.2) is 18.2 Å². The van der Waals surface area contributed by atoms with Crippen LogP contribution in [-0.4, -0.2) is 13.2 Å². The molecular formula is C13H19NO. The van der Waals surface area contributed by atoms with E-state index in [4.69, 9.17) is 4.74 Å². The number of hydrogen-bond donors (Lipinski definition) is 1. The van der Waals surface area contributed by atoms with E-state index in [2.05, 4.69) is 37.4 Å². The fraction of sp³-hybridized carbons (Fsp3) is 0.538. The van der Waals surface area contributed by atoms with Crippen LogP contribution in [0.3, 0.4) is 0 Å². The van der Waals surface area contributed by atoms with E-state index in [1.807, 2.05) is 7.05 Å². The second-order valence-corrected chi connectivity index (χ2v) is 4.47. The Hall–Kier alpha value is -1.18. The van der Waals surface area contributed by atoms with Crippen LogP contribution >= 0.6 is 0 Å². The predicted octanol–water partition coefficient (Wildman–Crippen LogP) is 3.39. The minimum absolute atomic E-state index is 0.472. The number of rotatable bonds is 4. The van der Waals surface area contributed by atoms with E-state index in [1.54, 1.807) is 0 Å². The molecule has 0 heterocycles. The molecular weight excluding hydrogens is 186 g/mol. The van der Waals surface area contributed by atoms with Gasteiger partial charge < -0.3 is 10.1 Å². The van der Waals surface area contributed by atoms with Crippen LogP contribution in [0.1, 0.15) is 38.2 Å². The summed E-state index contributed by atoms with van der Waals surface area (Å²) in [5, 5.41) is 3.23. The molecule has 0 aromatic heterocycles. The van der Waals surface area contributed by atoms with Gasteiger partial charge in [0.15, 0.2) is 0 Å². The van der Waals surface area contributed by atoms with Crippen LogP contribution in [0.4, 0.5) is 5.69 Å². The molecule has 0 unspecified atom stereocenters. The molecule has 0 amide bonds. The SMILES string of the molecule is CNc1cc(OC2CC2)ccc1C(C)C. The molecule has 1 saturated carbocycles. The van der Waals surface area contributed by atoms with E-state index in [0.29, 0.717) is 12.0 Å². The second-order valence-electron chi connectivity index (χ2n) is 4.47. The number of nitrogens with one attached hydrogen (secondary N) is 1. The number of benzene rings is 1. The van der Waals surface area contributed by atoms with Crippen molar-refractivity contribution in [1.82, 2.24) is 0 Å². The summed E-state index contributed by atoms with van der Waals surface area (Å²) in [5.74, 6) is 1.54. The molecule has 0 spiro atoms. The molecule has 2 nitrogen and oxygen atoms in total. The van der Waals surface area contributed by atoms with Gasteiger partial charge in [-0.25, -0.2) is 0 Å². The van der Waals surface area contributed by atoms with Crippen LogP contribution in [0.5, 0.6) is 5.75 Å². The van der Waals surface area contributed by atoms with Crippen molar-refractivity contribution in [2.75, 3.05) is 12.4 Å². The van der Waals surface area contributed by atoms with E-state index in [0.717, 1.165) is 5.75 Å². The average molecular weight is 205 g/mol. The number of ether oxygens (including phenoxy) is 1. The van der Waals surface area contributed by atoms with Gasteiger partial charge in [0, 0.05) is 18.8 Å². The Balaban J connectivity index is 2.20. The maximum Gasteiger partial charge on any atom is 0.121 e. The van der Waals surface area contributed by atoms with Gasteiger partial charge in [0.1, 0.15) is 5.75 Å². The first-order valence-electron chi connectivity index (χ1n) is 5.69. The molecule has 1 aliphatic carbocycles.